The predicted molar refractivity (Wildman–Crippen MR) is 142 cm³/mol. The van der Waals surface area contributed by atoms with E-state index in [-0.39, 0.29) is 35.6 Å². The van der Waals surface area contributed by atoms with E-state index in [1.807, 2.05) is 0 Å². The number of guanidine groups is 1. The molecule has 2 aliphatic rings. The molecule has 1 unspecified atom stereocenters. The van der Waals surface area contributed by atoms with E-state index in [0.29, 0.717) is 0 Å². The molecular formula is C24H42IN5O2. The summed E-state index contributed by atoms with van der Waals surface area (Å²) in [5.74, 6) is 0.907. The average Bonchev–Trinajstić information content (AvgIpc) is 2.82. The van der Waals surface area contributed by atoms with Crippen LogP contribution in [0.25, 0.3) is 0 Å². The lowest BCUT2D eigenvalue weighted by Crippen LogP contribution is -2.53. The van der Waals surface area contributed by atoms with Crippen LogP contribution in [0.2, 0.25) is 0 Å². The maximum Gasteiger partial charge on any atom is 0.191 e. The van der Waals surface area contributed by atoms with E-state index in [4.69, 9.17) is 14.5 Å². The Morgan fingerprint density at radius 2 is 1.75 bits per heavy atom. The lowest BCUT2D eigenvalue weighted by atomic mass is 9.88. The van der Waals surface area contributed by atoms with Crippen molar-refractivity contribution in [3.63, 3.8) is 0 Å². The topological polar surface area (TPSA) is 70.2 Å². The number of rotatable bonds is 10. The fraction of sp³-hybridized carbons (Fsp3) is 0.708. The summed E-state index contributed by atoms with van der Waals surface area (Å²) in [5.41, 5.74) is 1.27. The van der Waals surface area contributed by atoms with E-state index in [0.717, 1.165) is 90.9 Å². The molecule has 2 heterocycles. The summed E-state index contributed by atoms with van der Waals surface area (Å²) in [4.78, 5) is 7.46. The van der Waals surface area contributed by atoms with Crippen molar-refractivity contribution in [3.8, 4) is 0 Å². The number of morpholine rings is 1. The van der Waals surface area contributed by atoms with Gasteiger partial charge in [0.15, 0.2) is 5.96 Å². The zero-order valence-corrected chi connectivity index (χ0v) is 22.1. The molecule has 0 amide bonds. The van der Waals surface area contributed by atoms with Crippen molar-refractivity contribution in [2.24, 2.45) is 4.99 Å². The summed E-state index contributed by atoms with van der Waals surface area (Å²) in [5, 5.41) is 10.8. The molecule has 1 aromatic rings. The van der Waals surface area contributed by atoms with Crippen molar-refractivity contribution in [1.29, 1.82) is 0 Å². The summed E-state index contributed by atoms with van der Waals surface area (Å²) in [6.45, 7) is 13.4. The molecule has 8 heteroatoms. The molecule has 1 aromatic carbocycles. The molecule has 0 aliphatic carbocycles. The Balaban J connectivity index is 0.00000363. The maximum absolute atomic E-state index is 5.67. The first kappa shape index (κ1) is 27.3. The fourth-order valence-electron chi connectivity index (χ4n) is 4.30. The van der Waals surface area contributed by atoms with Gasteiger partial charge in [-0.05, 0) is 45.2 Å². The number of nitrogens with one attached hydrogen (secondary N) is 3. The molecule has 7 nitrogen and oxygen atoms in total. The van der Waals surface area contributed by atoms with Gasteiger partial charge < -0.3 is 25.4 Å². The standard InChI is InChI=1S/C24H41N5O2.HI/c1-3-25-23(26-12-7-13-29-14-18-31-19-15-29)27-20-24(10-16-30-17-11-24)28-21(2)22-8-5-4-6-9-22;/h4-6,8-9,21,28H,3,7,10-20H2,1-2H3,(H2,25,26,27);1H. The van der Waals surface area contributed by atoms with Gasteiger partial charge in [-0.15, -0.1) is 24.0 Å². The van der Waals surface area contributed by atoms with Gasteiger partial charge in [-0.25, -0.2) is 0 Å². The number of hydrogen-bond acceptors (Lipinski definition) is 5. The third kappa shape index (κ3) is 9.13. The average molecular weight is 560 g/mol. The zero-order valence-electron chi connectivity index (χ0n) is 19.8. The highest BCUT2D eigenvalue weighted by molar-refractivity contribution is 14.0. The molecule has 2 saturated heterocycles. The fourth-order valence-corrected chi connectivity index (χ4v) is 4.30. The molecule has 0 bridgehead atoms. The van der Waals surface area contributed by atoms with Gasteiger partial charge in [0.25, 0.3) is 0 Å². The van der Waals surface area contributed by atoms with Gasteiger partial charge >= 0.3 is 0 Å². The second-order valence-corrected chi connectivity index (χ2v) is 8.60. The van der Waals surface area contributed by atoms with Crippen molar-refractivity contribution >= 4 is 29.9 Å². The number of nitrogens with zero attached hydrogens (tertiary/aromatic N) is 2. The molecule has 0 saturated carbocycles. The van der Waals surface area contributed by atoms with Crippen LogP contribution in [0.5, 0.6) is 0 Å². The van der Waals surface area contributed by atoms with Crippen molar-refractivity contribution in [3.05, 3.63) is 35.9 Å². The van der Waals surface area contributed by atoms with Gasteiger partial charge in [0.2, 0.25) is 0 Å². The van der Waals surface area contributed by atoms with Crippen LogP contribution in [0.15, 0.2) is 35.3 Å². The van der Waals surface area contributed by atoms with E-state index in [1.54, 1.807) is 0 Å². The molecule has 0 aromatic heterocycles. The van der Waals surface area contributed by atoms with E-state index in [2.05, 4.69) is 65.0 Å². The number of hydrogen-bond donors (Lipinski definition) is 3. The Morgan fingerprint density at radius 3 is 2.44 bits per heavy atom. The van der Waals surface area contributed by atoms with Crippen LogP contribution in [-0.4, -0.2) is 82.1 Å². The van der Waals surface area contributed by atoms with Gasteiger partial charge in [0, 0.05) is 51.0 Å². The Bertz CT molecular complexity index is 649. The first-order valence-electron chi connectivity index (χ1n) is 11.9. The third-order valence-electron chi connectivity index (χ3n) is 6.20. The van der Waals surface area contributed by atoms with Gasteiger partial charge in [-0.2, -0.15) is 0 Å². The smallest absolute Gasteiger partial charge is 0.191 e. The molecular weight excluding hydrogens is 517 g/mol. The summed E-state index contributed by atoms with van der Waals surface area (Å²) in [6, 6.07) is 10.9. The van der Waals surface area contributed by atoms with Crippen LogP contribution in [0.3, 0.4) is 0 Å². The van der Waals surface area contributed by atoms with Crippen molar-refractivity contribution in [2.75, 3.05) is 65.7 Å². The second-order valence-electron chi connectivity index (χ2n) is 8.60. The summed E-state index contributed by atoms with van der Waals surface area (Å²) >= 11 is 0. The number of aliphatic imine (C=N–C) groups is 1. The quantitative estimate of drug-likeness (QED) is 0.177. The SMILES string of the molecule is CCNC(=NCC1(NC(C)c2ccccc2)CCOCC1)NCCCN1CCOCC1.I. The van der Waals surface area contributed by atoms with Crippen LogP contribution in [0.4, 0.5) is 0 Å². The molecule has 1 atom stereocenters. The number of halogens is 1. The number of ether oxygens (including phenoxy) is 2. The summed E-state index contributed by atoms with van der Waals surface area (Å²) < 4.78 is 11.1. The van der Waals surface area contributed by atoms with Crippen LogP contribution in [0, 0.1) is 0 Å². The minimum absolute atomic E-state index is 0. The highest BCUT2D eigenvalue weighted by atomic mass is 127. The van der Waals surface area contributed by atoms with E-state index < -0.39 is 0 Å². The van der Waals surface area contributed by atoms with Gasteiger partial charge in [0.05, 0.1) is 19.8 Å². The molecule has 182 valence electrons. The summed E-state index contributed by atoms with van der Waals surface area (Å²) in [7, 11) is 0. The molecule has 3 N–H and O–H groups in total. The molecule has 3 rings (SSSR count). The highest BCUT2D eigenvalue weighted by Gasteiger charge is 2.34. The zero-order chi connectivity index (χ0) is 21.8. The Labute approximate surface area is 211 Å². The highest BCUT2D eigenvalue weighted by Crippen LogP contribution is 2.26. The molecule has 2 aliphatic heterocycles. The normalized spacial score (nSPS) is 20.2. The Kier molecular flexibility index (Phi) is 12.8. The molecule has 0 spiro atoms. The van der Waals surface area contributed by atoms with E-state index >= 15 is 0 Å². The monoisotopic (exact) mass is 559 g/mol. The minimum atomic E-state index is -0.0380. The molecule has 2 fully saturated rings. The predicted octanol–water partition coefficient (Wildman–Crippen LogP) is 2.78. The second kappa shape index (κ2) is 15.1. The van der Waals surface area contributed by atoms with E-state index in [1.165, 1.54) is 5.56 Å². The summed E-state index contributed by atoms with van der Waals surface area (Å²) in [6.07, 6.45) is 3.06. The molecule has 0 radical (unpaired) electrons. The van der Waals surface area contributed by atoms with Crippen molar-refractivity contribution in [1.82, 2.24) is 20.9 Å². The maximum atomic E-state index is 5.67. The third-order valence-corrected chi connectivity index (χ3v) is 6.20. The van der Waals surface area contributed by atoms with E-state index in [9.17, 15) is 0 Å². The minimum Gasteiger partial charge on any atom is -0.381 e. The van der Waals surface area contributed by atoms with Gasteiger partial charge in [-0.1, -0.05) is 30.3 Å². The lowest BCUT2D eigenvalue weighted by Gasteiger charge is -2.39. The van der Waals surface area contributed by atoms with Crippen LogP contribution >= 0.6 is 24.0 Å². The van der Waals surface area contributed by atoms with Crippen molar-refractivity contribution in [2.45, 2.75) is 44.7 Å². The van der Waals surface area contributed by atoms with Crippen LogP contribution in [0.1, 0.15) is 44.7 Å². The van der Waals surface area contributed by atoms with Gasteiger partial charge in [-0.3, -0.25) is 9.89 Å². The van der Waals surface area contributed by atoms with Crippen LogP contribution < -0.4 is 16.0 Å². The lowest BCUT2D eigenvalue weighted by molar-refractivity contribution is 0.0373. The Morgan fingerprint density at radius 1 is 1.06 bits per heavy atom. The van der Waals surface area contributed by atoms with Gasteiger partial charge in [0.1, 0.15) is 0 Å². The number of benzene rings is 1. The first-order valence-corrected chi connectivity index (χ1v) is 11.9. The van der Waals surface area contributed by atoms with Crippen molar-refractivity contribution < 1.29 is 9.47 Å². The molecule has 32 heavy (non-hydrogen) atoms. The Hall–Kier alpha value is -0.940. The first-order chi connectivity index (χ1) is 15.2. The largest absolute Gasteiger partial charge is 0.381 e. The van der Waals surface area contributed by atoms with Crippen LogP contribution in [-0.2, 0) is 9.47 Å².